The molecule has 0 bridgehead atoms. The highest BCUT2D eigenvalue weighted by Crippen LogP contribution is 2.32. The Bertz CT molecular complexity index is 817. The first-order valence-electron chi connectivity index (χ1n) is 9.12. The second-order valence-corrected chi connectivity index (χ2v) is 7.25. The number of pyridine rings is 1. The molecule has 1 atom stereocenters. The summed E-state index contributed by atoms with van der Waals surface area (Å²) in [4.78, 5) is 15.3. The van der Waals surface area contributed by atoms with Gasteiger partial charge in [-0.25, -0.2) is 4.98 Å². The maximum atomic E-state index is 11.0. The molecule has 1 fully saturated rings. The number of halogens is 1. The van der Waals surface area contributed by atoms with E-state index in [-0.39, 0.29) is 11.9 Å². The van der Waals surface area contributed by atoms with Crippen molar-refractivity contribution in [3.05, 3.63) is 53.2 Å². The molecule has 1 saturated carbocycles. The van der Waals surface area contributed by atoms with Gasteiger partial charge in [-0.15, -0.1) is 0 Å². The third-order valence-corrected chi connectivity index (χ3v) is 4.52. The number of hydrogen-bond donors (Lipinski definition) is 2. The Kier molecular flexibility index (Phi) is 6.35. The first-order chi connectivity index (χ1) is 13.0. The van der Waals surface area contributed by atoms with Crippen LogP contribution in [-0.4, -0.2) is 23.5 Å². The van der Waals surface area contributed by atoms with E-state index in [1.807, 2.05) is 37.3 Å². The van der Waals surface area contributed by atoms with Crippen LogP contribution in [0.4, 0.5) is 5.69 Å². The molecule has 0 spiro atoms. The number of anilines is 1. The molecular weight excluding hydrogens is 362 g/mol. The summed E-state index contributed by atoms with van der Waals surface area (Å²) in [6.07, 6.45) is 8.14. The van der Waals surface area contributed by atoms with E-state index >= 15 is 0 Å². The smallest absolute Gasteiger partial charge is 0.219 e. The molecule has 1 heterocycles. The van der Waals surface area contributed by atoms with Crippen LogP contribution < -0.4 is 15.4 Å². The molecule has 142 valence electrons. The van der Waals surface area contributed by atoms with Crippen molar-refractivity contribution >= 4 is 29.3 Å². The fraction of sp³-hybridized carbons (Fsp3) is 0.333. The van der Waals surface area contributed by atoms with Crippen LogP contribution in [0.1, 0.15) is 32.3 Å². The maximum absolute atomic E-state index is 11.0. The summed E-state index contributed by atoms with van der Waals surface area (Å²) in [6.45, 7) is 4.38. The fourth-order valence-corrected chi connectivity index (χ4v) is 2.81. The number of amides is 1. The maximum Gasteiger partial charge on any atom is 0.219 e. The van der Waals surface area contributed by atoms with E-state index in [2.05, 4.69) is 15.6 Å². The standard InChI is InChI=1S/C21H24ClN3O2/c1-14(25-15(2)26)3-4-16-7-10-21(24-13-16)27-18-8-9-20(19(22)11-18)23-12-17-5-6-17/h3-4,7-11,13-14,17,23H,5-6,12H2,1-2H3,(H,25,26)/b4-3+/t14-/m0/s1. The summed E-state index contributed by atoms with van der Waals surface area (Å²) >= 11 is 6.33. The quantitative estimate of drug-likeness (QED) is 0.679. The van der Waals surface area contributed by atoms with E-state index in [1.54, 1.807) is 18.3 Å². The van der Waals surface area contributed by atoms with Crippen LogP contribution in [0.3, 0.4) is 0 Å². The van der Waals surface area contributed by atoms with Gasteiger partial charge >= 0.3 is 0 Å². The van der Waals surface area contributed by atoms with Crippen molar-refractivity contribution in [2.75, 3.05) is 11.9 Å². The van der Waals surface area contributed by atoms with E-state index in [9.17, 15) is 4.79 Å². The molecule has 2 aromatic rings. The molecule has 1 aromatic heterocycles. The summed E-state index contributed by atoms with van der Waals surface area (Å²) in [5.41, 5.74) is 1.86. The third kappa shape index (κ3) is 6.29. The van der Waals surface area contributed by atoms with Crippen LogP contribution >= 0.6 is 11.6 Å². The monoisotopic (exact) mass is 385 g/mol. The minimum absolute atomic E-state index is 0.0346. The molecule has 6 heteroatoms. The second-order valence-electron chi connectivity index (χ2n) is 6.85. The Hall–Kier alpha value is -2.53. The van der Waals surface area contributed by atoms with Gasteiger partial charge < -0.3 is 15.4 Å². The van der Waals surface area contributed by atoms with Crippen LogP contribution in [0, 0.1) is 5.92 Å². The lowest BCUT2D eigenvalue weighted by atomic mass is 10.2. The molecular formula is C21H24ClN3O2. The van der Waals surface area contributed by atoms with Crippen LogP contribution in [-0.2, 0) is 4.79 Å². The van der Waals surface area contributed by atoms with Crippen molar-refractivity contribution in [1.29, 1.82) is 0 Å². The van der Waals surface area contributed by atoms with Gasteiger partial charge in [0.15, 0.2) is 0 Å². The average molecular weight is 386 g/mol. The van der Waals surface area contributed by atoms with Gasteiger partial charge in [0.25, 0.3) is 0 Å². The molecule has 27 heavy (non-hydrogen) atoms. The largest absolute Gasteiger partial charge is 0.439 e. The Balaban J connectivity index is 1.56. The number of benzene rings is 1. The molecule has 1 aliphatic carbocycles. The molecule has 1 amide bonds. The molecule has 1 aromatic carbocycles. The molecule has 5 nitrogen and oxygen atoms in total. The lowest BCUT2D eigenvalue weighted by molar-refractivity contribution is -0.119. The summed E-state index contributed by atoms with van der Waals surface area (Å²) in [6, 6.07) is 9.28. The van der Waals surface area contributed by atoms with Gasteiger partial charge in [-0.1, -0.05) is 23.8 Å². The zero-order valence-corrected chi connectivity index (χ0v) is 16.3. The first-order valence-corrected chi connectivity index (χ1v) is 9.50. The summed E-state index contributed by atoms with van der Waals surface area (Å²) in [5.74, 6) is 1.88. The van der Waals surface area contributed by atoms with E-state index in [1.165, 1.54) is 19.8 Å². The van der Waals surface area contributed by atoms with Crippen molar-refractivity contribution in [3.8, 4) is 11.6 Å². The highest BCUT2D eigenvalue weighted by Gasteiger charge is 2.20. The number of rotatable bonds is 8. The molecule has 1 aliphatic rings. The predicted molar refractivity (Wildman–Crippen MR) is 109 cm³/mol. The molecule has 0 saturated heterocycles. The summed E-state index contributed by atoms with van der Waals surface area (Å²) in [7, 11) is 0. The van der Waals surface area contributed by atoms with E-state index < -0.39 is 0 Å². The lowest BCUT2D eigenvalue weighted by Crippen LogP contribution is -2.28. The van der Waals surface area contributed by atoms with Gasteiger partial charge in [-0.3, -0.25) is 4.79 Å². The number of ether oxygens (including phenoxy) is 1. The number of carbonyl (C=O) groups excluding carboxylic acids is 1. The second kappa shape index (κ2) is 8.91. The van der Waals surface area contributed by atoms with Gasteiger partial charge in [0, 0.05) is 37.8 Å². The van der Waals surface area contributed by atoms with Crippen molar-refractivity contribution < 1.29 is 9.53 Å². The van der Waals surface area contributed by atoms with Gasteiger partial charge in [-0.05, 0) is 49.4 Å². The average Bonchev–Trinajstić information content (AvgIpc) is 3.44. The first kappa shape index (κ1) is 19.2. The Morgan fingerprint density at radius 2 is 2.19 bits per heavy atom. The van der Waals surface area contributed by atoms with Crippen LogP contribution in [0.25, 0.3) is 6.08 Å². The lowest BCUT2D eigenvalue weighted by Gasteiger charge is -2.10. The van der Waals surface area contributed by atoms with Crippen LogP contribution in [0.2, 0.25) is 5.02 Å². The SMILES string of the molecule is CC(=O)N[C@@H](C)/C=C/c1ccc(Oc2ccc(NCC3CC3)c(Cl)c2)nc1. The highest BCUT2D eigenvalue weighted by atomic mass is 35.5. The molecule has 3 rings (SSSR count). The van der Waals surface area contributed by atoms with E-state index in [4.69, 9.17) is 16.3 Å². The van der Waals surface area contributed by atoms with Crippen molar-refractivity contribution in [1.82, 2.24) is 10.3 Å². The van der Waals surface area contributed by atoms with E-state index in [0.29, 0.717) is 16.7 Å². The van der Waals surface area contributed by atoms with Crippen molar-refractivity contribution in [3.63, 3.8) is 0 Å². The Labute approximate surface area is 164 Å². The van der Waals surface area contributed by atoms with Gasteiger partial charge in [0.2, 0.25) is 11.8 Å². The van der Waals surface area contributed by atoms with Crippen LogP contribution in [0.15, 0.2) is 42.6 Å². The summed E-state index contributed by atoms with van der Waals surface area (Å²) < 4.78 is 5.78. The molecule has 2 N–H and O–H groups in total. The summed E-state index contributed by atoms with van der Waals surface area (Å²) in [5, 5.41) is 6.81. The molecule has 0 aliphatic heterocycles. The zero-order valence-electron chi connectivity index (χ0n) is 15.5. The predicted octanol–water partition coefficient (Wildman–Crippen LogP) is 4.89. The number of carbonyl (C=O) groups is 1. The number of nitrogens with zero attached hydrogens (tertiary/aromatic N) is 1. The Morgan fingerprint density at radius 3 is 2.81 bits per heavy atom. The molecule has 0 unspecified atom stereocenters. The zero-order chi connectivity index (χ0) is 19.2. The van der Waals surface area contributed by atoms with Crippen molar-refractivity contribution in [2.45, 2.75) is 32.7 Å². The number of hydrogen-bond acceptors (Lipinski definition) is 4. The van der Waals surface area contributed by atoms with Crippen molar-refractivity contribution in [2.24, 2.45) is 5.92 Å². The van der Waals surface area contributed by atoms with Crippen LogP contribution in [0.5, 0.6) is 11.6 Å². The van der Waals surface area contributed by atoms with E-state index in [0.717, 1.165) is 23.7 Å². The minimum Gasteiger partial charge on any atom is -0.439 e. The van der Waals surface area contributed by atoms with Gasteiger partial charge in [-0.2, -0.15) is 0 Å². The fourth-order valence-electron chi connectivity index (χ4n) is 2.57. The van der Waals surface area contributed by atoms with Gasteiger partial charge in [0.05, 0.1) is 10.7 Å². The topological polar surface area (TPSA) is 63.2 Å². The third-order valence-electron chi connectivity index (χ3n) is 4.21. The molecule has 0 radical (unpaired) electrons. The Morgan fingerprint density at radius 1 is 1.37 bits per heavy atom. The number of nitrogens with one attached hydrogen (secondary N) is 2. The highest BCUT2D eigenvalue weighted by molar-refractivity contribution is 6.33. The number of aromatic nitrogens is 1. The minimum atomic E-state index is -0.0542. The van der Waals surface area contributed by atoms with Gasteiger partial charge in [0.1, 0.15) is 5.75 Å². The normalized spacial score (nSPS) is 14.8.